The van der Waals surface area contributed by atoms with Gasteiger partial charge >= 0.3 is 0 Å². The van der Waals surface area contributed by atoms with Gasteiger partial charge in [-0.15, -0.1) is 0 Å². The van der Waals surface area contributed by atoms with Crippen molar-refractivity contribution in [2.45, 2.75) is 20.8 Å². The van der Waals surface area contributed by atoms with E-state index in [0.717, 1.165) is 0 Å². The Hall–Kier alpha value is -1.56. The Morgan fingerprint density at radius 2 is 2.12 bits per heavy atom. The molecule has 0 spiro atoms. The Morgan fingerprint density at radius 3 is 2.65 bits per heavy atom. The highest BCUT2D eigenvalue weighted by Gasteiger charge is 2.16. The number of hydroxylamine groups is 1. The second kappa shape index (κ2) is 6.24. The van der Waals surface area contributed by atoms with Crippen LogP contribution in [-0.4, -0.2) is 30.2 Å². The van der Waals surface area contributed by atoms with Gasteiger partial charge < -0.3 is 10.5 Å². The van der Waals surface area contributed by atoms with Crippen LogP contribution in [0.4, 0.5) is 11.5 Å². The van der Waals surface area contributed by atoms with E-state index in [0.29, 0.717) is 36.5 Å². The summed E-state index contributed by atoms with van der Waals surface area (Å²) in [5.41, 5.74) is 6.35. The number of nitrogens with two attached hydrogens (primary N) is 1. The summed E-state index contributed by atoms with van der Waals surface area (Å²) in [6.07, 6.45) is 1.42. The molecule has 1 rings (SSSR count). The molecule has 0 atom stereocenters. The standard InChI is InChI=1S/C11H20N4O2/c1-5-17-11-9(12)10(13-7-14-11)15(16-4)6-8(2)3/h7-8H,5-6,12H2,1-4H3. The number of rotatable bonds is 6. The Bertz CT molecular complexity index is 357. The number of hydrogen-bond donors (Lipinski definition) is 1. The summed E-state index contributed by atoms with van der Waals surface area (Å²) in [6, 6.07) is 0. The van der Waals surface area contributed by atoms with Gasteiger partial charge in [0.05, 0.1) is 13.7 Å². The van der Waals surface area contributed by atoms with E-state index in [2.05, 4.69) is 23.8 Å². The highest BCUT2D eigenvalue weighted by atomic mass is 16.7. The van der Waals surface area contributed by atoms with Crippen LogP contribution in [0.25, 0.3) is 0 Å². The monoisotopic (exact) mass is 240 g/mol. The van der Waals surface area contributed by atoms with Crippen LogP contribution in [0.15, 0.2) is 6.33 Å². The zero-order chi connectivity index (χ0) is 12.8. The van der Waals surface area contributed by atoms with Crippen LogP contribution in [0.2, 0.25) is 0 Å². The lowest BCUT2D eigenvalue weighted by atomic mass is 10.2. The van der Waals surface area contributed by atoms with Gasteiger partial charge in [0.2, 0.25) is 5.88 Å². The molecular weight excluding hydrogens is 220 g/mol. The van der Waals surface area contributed by atoms with Crippen molar-refractivity contribution in [3.05, 3.63) is 6.33 Å². The number of hydrogen-bond acceptors (Lipinski definition) is 6. The summed E-state index contributed by atoms with van der Waals surface area (Å²) in [6.45, 7) is 7.27. The second-order valence-electron chi connectivity index (χ2n) is 3.99. The van der Waals surface area contributed by atoms with E-state index >= 15 is 0 Å². The van der Waals surface area contributed by atoms with Crippen molar-refractivity contribution in [3.63, 3.8) is 0 Å². The van der Waals surface area contributed by atoms with E-state index in [4.69, 9.17) is 15.3 Å². The third kappa shape index (κ3) is 3.45. The fourth-order valence-electron chi connectivity index (χ4n) is 1.40. The fourth-order valence-corrected chi connectivity index (χ4v) is 1.40. The minimum atomic E-state index is 0.392. The third-order valence-electron chi connectivity index (χ3n) is 2.09. The van der Waals surface area contributed by atoms with Gasteiger partial charge in [-0.25, -0.2) is 10.0 Å². The molecule has 0 bridgehead atoms. The number of anilines is 2. The first-order chi connectivity index (χ1) is 8.10. The zero-order valence-electron chi connectivity index (χ0n) is 10.8. The van der Waals surface area contributed by atoms with E-state index in [9.17, 15) is 0 Å². The third-order valence-corrected chi connectivity index (χ3v) is 2.09. The quantitative estimate of drug-likeness (QED) is 0.759. The minimum Gasteiger partial charge on any atom is -0.476 e. The minimum absolute atomic E-state index is 0.392. The van der Waals surface area contributed by atoms with E-state index in [1.807, 2.05) is 6.92 Å². The summed E-state index contributed by atoms with van der Waals surface area (Å²) >= 11 is 0. The molecule has 0 saturated carbocycles. The van der Waals surface area contributed by atoms with Crippen molar-refractivity contribution < 1.29 is 9.57 Å². The predicted molar refractivity (Wildman–Crippen MR) is 66.8 cm³/mol. The summed E-state index contributed by atoms with van der Waals surface area (Å²) in [5, 5.41) is 1.64. The largest absolute Gasteiger partial charge is 0.476 e. The number of nitrogens with zero attached hydrogens (tertiary/aromatic N) is 3. The first-order valence-corrected chi connectivity index (χ1v) is 5.65. The Labute approximate surface area is 102 Å². The highest BCUT2D eigenvalue weighted by molar-refractivity contribution is 5.66. The Morgan fingerprint density at radius 1 is 1.41 bits per heavy atom. The lowest BCUT2D eigenvalue weighted by Crippen LogP contribution is -2.28. The molecule has 0 aliphatic rings. The maximum Gasteiger partial charge on any atom is 0.242 e. The topological polar surface area (TPSA) is 73.5 Å². The molecule has 0 aliphatic heterocycles. The fraction of sp³-hybridized carbons (Fsp3) is 0.636. The van der Waals surface area contributed by atoms with E-state index in [1.54, 1.807) is 12.2 Å². The van der Waals surface area contributed by atoms with E-state index in [-0.39, 0.29) is 0 Å². The van der Waals surface area contributed by atoms with E-state index in [1.165, 1.54) is 6.33 Å². The molecule has 96 valence electrons. The van der Waals surface area contributed by atoms with Crippen molar-refractivity contribution in [1.82, 2.24) is 9.97 Å². The Kier molecular flexibility index (Phi) is 4.96. The van der Waals surface area contributed by atoms with Crippen LogP contribution < -0.4 is 15.5 Å². The van der Waals surface area contributed by atoms with Gasteiger partial charge in [0.1, 0.15) is 12.0 Å². The molecule has 0 amide bonds. The van der Waals surface area contributed by atoms with Crippen LogP contribution >= 0.6 is 0 Å². The average molecular weight is 240 g/mol. The number of aromatic nitrogens is 2. The van der Waals surface area contributed by atoms with E-state index < -0.39 is 0 Å². The molecule has 6 nitrogen and oxygen atoms in total. The number of ether oxygens (including phenoxy) is 1. The molecule has 0 aliphatic carbocycles. The molecular formula is C11H20N4O2. The van der Waals surface area contributed by atoms with Crippen LogP contribution in [0.3, 0.4) is 0 Å². The molecule has 1 heterocycles. The molecule has 1 aromatic heterocycles. The normalized spacial score (nSPS) is 10.6. The van der Waals surface area contributed by atoms with Crippen molar-refractivity contribution in [1.29, 1.82) is 0 Å². The first-order valence-electron chi connectivity index (χ1n) is 5.65. The smallest absolute Gasteiger partial charge is 0.242 e. The van der Waals surface area contributed by atoms with Gasteiger partial charge in [0.25, 0.3) is 0 Å². The van der Waals surface area contributed by atoms with Gasteiger partial charge in [0.15, 0.2) is 5.82 Å². The van der Waals surface area contributed by atoms with Crippen LogP contribution in [0.1, 0.15) is 20.8 Å². The van der Waals surface area contributed by atoms with Gasteiger partial charge in [0, 0.05) is 6.54 Å². The molecule has 2 N–H and O–H groups in total. The van der Waals surface area contributed by atoms with Gasteiger partial charge in [-0.1, -0.05) is 13.8 Å². The molecule has 0 fully saturated rings. The van der Waals surface area contributed by atoms with Crippen molar-refractivity contribution in [2.24, 2.45) is 5.92 Å². The number of nitrogen functional groups attached to an aromatic ring is 1. The molecule has 1 aromatic rings. The van der Waals surface area contributed by atoms with Crippen molar-refractivity contribution >= 4 is 11.5 Å². The second-order valence-corrected chi connectivity index (χ2v) is 3.99. The molecule has 6 heteroatoms. The first kappa shape index (κ1) is 13.5. The highest BCUT2D eigenvalue weighted by Crippen LogP contribution is 2.28. The average Bonchev–Trinajstić information content (AvgIpc) is 2.29. The van der Waals surface area contributed by atoms with Crippen LogP contribution in [-0.2, 0) is 4.84 Å². The molecule has 0 radical (unpaired) electrons. The maximum atomic E-state index is 5.95. The zero-order valence-corrected chi connectivity index (χ0v) is 10.8. The predicted octanol–water partition coefficient (Wildman–Crippen LogP) is 1.48. The molecule has 0 aromatic carbocycles. The molecule has 0 saturated heterocycles. The van der Waals surface area contributed by atoms with Crippen LogP contribution in [0.5, 0.6) is 5.88 Å². The van der Waals surface area contributed by atoms with Crippen LogP contribution in [0, 0.1) is 5.92 Å². The van der Waals surface area contributed by atoms with Gasteiger partial charge in [-0.05, 0) is 12.8 Å². The van der Waals surface area contributed by atoms with Crippen molar-refractivity contribution in [2.75, 3.05) is 31.1 Å². The summed E-state index contributed by atoms with van der Waals surface area (Å²) in [5.74, 6) is 1.36. The van der Waals surface area contributed by atoms with Gasteiger partial charge in [-0.3, -0.25) is 4.84 Å². The SMILES string of the molecule is CCOc1ncnc(N(CC(C)C)OC)c1N. The lowest BCUT2D eigenvalue weighted by Gasteiger charge is -2.23. The Balaban J connectivity index is 2.98. The maximum absolute atomic E-state index is 5.95. The molecule has 0 unspecified atom stereocenters. The van der Waals surface area contributed by atoms with Gasteiger partial charge in [-0.2, -0.15) is 4.98 Å². The van der Waals surface area contributed by atoms with Crippen molar-refractivity contribution in [3.8, 4) is 5.88 Å². The summed E-state index contributed by atoms with van der Waals surface area (Å²) in [7, 11) is 1.59. The summed E-state index contributed by atoms with van der Waals surface area (Å²) in [4.78, 5) is 13.4. The lowest BCUT2D eigenvalue weighted by molar-refractivity contribution is 0.156. The summed E-state index contributed by atoms with van der Waals surface area (Å²) < 4.78 is 5.32. The molecule has 17 heavy (non-hydrogen) atoms.